The SMILES string of the molecule is CC(C)(C)c1ccnc(N(c2ccc3oc4ccccc4c3c2)c2ccc3sc4cc5c6ccc(N(c7ccc8oc9ccccc9c8c7)c7cc(C(C)(C)C)ccn7)cc6c6ccccc6c5cc4c3c2)c1. The molecule has 14 rings (SSSR count). The summed E-state index contributed by atoms with van der Waals surface area (Å²) in [4.78, 5) is 14.7. The Morgan fingerprint density at radius 2 is 0.726 bits per heavy atom. The lowest BCUT2D eigenvalue weighted by Gasteiger charge is -2.27. The third-order valence-corrected chi connectivity index (χ3v) is 16.0. The molecular weight excluding hydrogens is 913 g/mol. The van der Waals surface area contributed by atoms with Crippen molar-refractivity contribution in [3.05, 3.63) is 206 Å². The minimum Gasteiger partial charge on any atom is -0.456 e. The minimum absolute atomic E-state index is 0.0585. The molecule has 0 amide bonds. The summed E-state index contributed by atoms with van der Waals surface area (Å²) in [7, 11) is 0. The van der Waals surface area contributed by atoms with Crippen molar-refractivity contribution in [2.75, 3.05) is 9.80 Å². The zero-order valence-electron chi connectivity index (χ0n) is 41.5. The molecule has 0 saturated heterocycles. The number of benzene rings is 9. The Labute approximate surface area is 426 Å². The number of nitrogens with zero attached hydrogens (tertiary/aromatic N) is 4. The highest BCUT2D eigenvalue weighted by Gasteiger charge is 2.24. The summed E-state index contributed by atoms with van der Waals surface area (Å²) in [6.07, 6.45) is 3.89. The normalized spacial score (nSPS) is 12.5. The molecule has 7 heteroatoms. The van der Waals surface area contributed by atoms with E-state index in [1.165, 1.54) is 63.6 Å². The topological polar surface area (TPSA) is 58.5 Å². The molecule has 352 valence electrons. The standard InChI is InChI=1S/C66H50N4O2S/c1-65(2,3)39-27-29-67-63(31-39)69(42-20-24-59-53(34-42)48-15-9-11-17-57(48)71-59)41-19-23-47-50(33-41)45-13-7-8-14-46(45)51-37-56-55-36-44(22-26-61(55)73-62(56)38-52(47)51)70(64-32-40(28-30-68-64)66(4,5)6)43-21-25-60-54(35-43)49-16-10-12-18-58(49)72-60/h7-38H,1-6H3. The molecule has 5 heterocycles. The molecule has 0 aliphatic rings. The van der Waals surface area contributed by atoms with E-state index in [1.54, 1.807) is 0 Å². The summed E-state index contributed by atoms with van der Waals surface area (Å²) < 4.78 is 15.1. The van der Waals surface area contributed by atoms with Gasteiger partial charge < -0.3 is 8.83 Å². The van der Waals surface area contributed by atoms with Crippen LogP contribution in [0.15, 0.2) is 203 Å². The summed E-state index contributed by atoms with van der Waals surface area (Å²) in [5.41, 5.74) is 9.92. The Hall–Kier alpha value is -8.52. The van der Waals surface area contributed by atoms with Crippen molar-refractivity contribution in [1.82, 2.24) is 9.97 Å². The van der Waals surface area contributed by atoms with E-state index in [2.05, 4.69) is 209 Å². The van der Waals surface area contributed by atoms with Crippen LogP contribution in [0.5, 0.6) is 0 Å². The zero-order chi connectivity index (χ0) is 49.3. The number of hydrogen-bond donors (Lipinski definition) is 0. The van der Waals surface area contributed by atoms with Gasteiger partial charge >= 0.3 is 0 Å². The van der Waals surface area contributed by atoms with E-state index >= 15 is 0 Å². The highest BCUT2D eigenvalue weighted by atomic mass is 32.1. The van der Waals surface area contributed by atoms with Crippen LogP contribution in [-0.4, -0.2) is 9.97 Å². The summed E-state index contributed by atoms with van der Waals surface area (Å²) in [6.45, 7) is 13.5. The number of furan rings is 2. The molecule has 73 heavy (non-hydrogen) atoms. The van der Waals surface area contributed by atoms with Gasteiger partial charge in [-0.2, -0.15) is 0 Å². The molecule has 0 bridgehead atoms. The quantitative estimate of drug-likeness (QED) is 0.155. The molecular formula is C66H50N4O2S. The number of anilines is 6. The van der Waals surface area contributed by atoms with Crippen LogP contribution in [-0.2, 0) is 10.8 Å². The van der Waals surface area contributed by atoms with Crippen molar-refractivity contribution in [1.29, 1.82) is 0 Å². The fraction of sp³-hybridized carbons (Fsp3) is 0.121. The number of aromatic nitrogens is 2. The van der Waals surface area contributed by atoms with Gasteiger partial charge in [-0.15, -0.1) is 11.3 Å². The lowest BCUT2D eigenvalue weighted by atomic mass is 9.87. The molecule has 0 radical (unpaired) electrons. The Bertz CT molecular complexity index is 4570. The predicted octanol–water partition coefficient (Wildman–Crippen LogP) is 19.6. The average molecular weight is 963 g/mol. The molecule has 0 fully saturated rings. The highest BCUT2D eigenvalue weighted by Crippen LogP contribution is 2.47. The smallest absolute Gasteiger partial charge is 0.137 e. The van der Waals surface area contributed by atoms with Gasteiger partial charge in [0.1, 0.15) is 34.0 Å². The molecule has 0 N–H and O–H groups in total. The highest BCUT2D eigenvalue weighted by molar-refractivity contribution is 7.25. The Balaban J connectivity index is 0.952. The van der Waals surface area contributed by atoms with Crippen LogP contribution in [0.1, 0.15) is 52.7 Å². The largest absolute Gasteiger partial charge is 0.456 e. The molecule has 0 atom stereocenters. The first-order chi connectivity index (χ1) is 35.4. The van der Waals surface area contributed by atoms with Crippen LogP contribution in [0.25, 0.3) is 96.4 Å². The summed E-state index contributed by atoms with van der Waals surface area (Å²) in [5.74, 6) is 1.73. The molecule has 0 saturated carbocycles. The Kier molecular flexibility index (Phi) is 9.48. The van der Waals surface area contributed by atoms with Gasteiger partial charge in [0.15, 0.2) is 0 Å². The van der Waals surface area contributed by atoms with E-state index in [0.717, 1.165) is 78.3 Å². The monoisotopic (exact) mass is 962 g/mol. The van der Waals surface area contributed by atoms with Crippen molar-refractivity contribution in [2.24, 2.45) is 0 Å². The number of thiophene rings is 1. The lowest BCUT2D eigenvalue weighted by molar-refractivity contribution is 0.589. The maximum Gasteiger partial charge on any atom is 0.137 e. The van der Waals surface area contributed by atoms with Gasteiger partial charge in [0.05, 0.1) is 0 Å². The van der Waals surface area contributed by atoms with Gasteiger partial charge in [-0.3, -0.25) is 9.80 Å². The van der Waals surface area contributed by atoms with E-state index in [-0.39, 0.29) is 10.8 Å². The first kappa shape index (κ1) is 43.3. The second-order valence-corrected chi connectivity index (χ2v) is 22.6. The molecule has 6 nitrogen and oxygen atoms in total. The minimum atomic E-state index is -0.0635. The van der Waals surface area contributed by atoms with Gasteiger partial charge in [-0.05, 0) is 170 Å². The van der Waals surface area contributed by atoms with E-state index in [0.29, 0.717) is 0 Å². The average Bonchev–Trinajstić information content (AvgIpc) is 4.09. The number of para-hydroxylation sites is 2. The Morgan fingerprint density at radius 3 is 1.26 bits per heavy atom. The third kappa shape index (κ3) is 7.05. The van der Waals surface area contributed by atoms with E-state index < -0.39 is 0 Å². The van der Waals surface area contributed by atoms with E-state index in [4.69, 9.17) is 18.8 Å². The maximum atomic E-state index is 6.31. The van der Waals surface area contributed by atoms with Crippen molar-refractivity contribution in [3.8, 4) is 0 Å². The fourth-order valence-corrected chi connectivity index (χ4v) is 12.1. The predicted molar refractivity (Wildman–Crippen MR) is 309 cm³/mol. The van der Waals surface area contributed by atoms with Crippen molar-refractivity contribution in [2.45, 2.75) is 52.4 Å². The molecule has 0 unspecified atom stereocenters. The molecule has 14 aromatic rings. The molecule has 5 aromatic heterocycles. The molecule has 0 aliphatic heterocycles. The molecule has 0 aliphatic carbocycles. The maximum absolute atomic E-state index is 6.31. The van der Waals surface area contributed by atoms with Crippen LogP contribution in [0, 0.1) is 0 Å². The van der Waals surface area contributed by atoms with E-state index in [1.807, 2.05) is 48.0 Å². The van der Waals surface area contributed by atoms with Gasteiger partial charge in [-0.1, -0.05) is 108 Å². The first-order valence-corrected chi connectivity index (χ1v) is 25.8. The molecule has 9 aromatic carbocycles. The third-order valence-electron chi connectivity index (χ3n) is 14.8. The van der Waals surface area contributed by atoms with Crippen LogP contribution < -0.4 is 9.80 Å². The lowest BCUT2D eigenvalue weighted by Crippen LogP contribution is -2.15. The number of pyridine rings is 2. The number of hydrogen-bond acceptors (Lipinski definition) is 7. The number of fused-ring (bicyclic) bond motifs is 15. The van der Waals surface area contributed by atoms with Gasteiger partial charge in [0.25, 0.3) is 0 Å². The van der Waals surface area contributed by atoms with Gasteiger partial charge in [0.2, 0.25) is 0 Å². The first-order valence-electron chi connectivity index (χ1n) is 25.0. The number of rotatable bonds is 6. The van der Waals surface area contributed by atoms with Crippen LogP contribution >= 0.6 is 11.3 Å². The summed E-state index contributed by atoms with van der Waals surface area (Å²) in [5, 5.41) is 14.1. The summed E-state index contributed by atoms with van der Waals surface area (Å²) in [6, 6.07) is 65.9. The van der Waals surface area contributed by atoms with Crippen molar-refractivity contribution >= 4 is 142 Å². The fourth-order valence-electron chi connectivity index (χ4n) is 11.0. The van der Waals surface area contributed by atoms with Gasteiger partial charge in [0, 0.05) is 76.9 Å². The summed E-state index contributed by atoms with van der Waals surface area (Å²) >= 11 is 1.85. The van der Waals surface area contributed by atoms with Crippen molar-refractivity contribution < 1.29 is 8.83 Å². The van der Waals surface area contributed by atoms with E-state index in [9.17, 15) is 0 Å². The van der Waals surface area contributed by atoms with Crippen LogP contribution in [0.3, 0.4) is 0 Å². The Morgan fingerprint density at radius 1 is 0.329 bits per heavy atom. The molecule has 0 spiro atoms. The van der Waals surface area contributed by atoms with Crippen LogP contribution in [0.4, 0.5) is 34.4 Å². The van der Waals surface area contributed by atoms with Crippen molar-refractivity contribution in [3.63, 3.8) is 0 Å². The second kappa shape index (κ2) is 16.0. The zero-order valence-corrected chi connectivity index (χ0v) is 42.3. The van der Waals surface area contributed by atoms with Crippen LogP contribution in [0.2, 0.25) is 0 Å². The van der Waals surface area contributed by atoms with Gasteiger partial charge in [-0.25, -0.2) is 9.97 Å². The second-order valence-electron chi connectivity index (χ2n) is 21.5.